The highest BCUT2D eigenvalue weighted by atomic mass is 35.5. The number of likely N-dealkylation sites (N-methyl/N-ethyl adjacent to an activating group) is 1. The van der Waals surface area contributed by atoms with Crippen molar-refractivity contribution in [1.82, 2.24) is 4.90 Å². The van der Waals surface area contributed by atoms with Gasteiger partial charge >= 0.3 is 5.97 Å². The zero-order valence-electron chi connectivity index (χ0n) is 10.00. The Hall–Kier alpha value is -1.10. The summed E-state index contributed by atoms with van der Waals surface area (Å²) in [5.74, 6) is -0.586. The Bertz CT molecular complexity index is 330. The number of aliphatic hydroxyl groups is 1. The van der Waals surface area contributed by atoms with Crippen LogP contribution in [0.1, 0.15) is 5.56 Å². The van der Waals surface area contributed by atoms with Crippen molar-refractivity contribution in [1.29, 1.82) is 0 Å². The van der Waals surface area contributed by atoms with Gasteiger partial charge in [0, 0.05) is 6.54 Å². The van der Waals surface area contributed by atoms with Gasteiger partial charge < -0.3 is 14.7 Å². The fraction of sp³-hybridized carbons (Fsp3) is 0.417. The first-order chi connectivity index (χ1) is 7.59. The summed E-state index contributed by atoms with van der Waals surface area (Å²) in [6, 6.07) is 9.38. The third-order valence-electron chi connectivity index (χ3n) is 2.03. The Kier molecular flexibility index (Phi) is 7.54. The van der Waals surface area contributed by atoms with Crippen LogP contribution in [0.2, 0.25) is 0 Å². The van der Waals surface area contributed by atoms with E-state index in [9.17, 15) is 9.90 Å². The molecular formula is C12H18ClNO3. The van der Waals surface area contributed by atoms with E-state index >= 15 is 0 Å². The first-order valence-electron chi connectivity index (χ1n) is 5.13. The summed E-state index contributed by atoms with van der Waals surface area (Å²) in [6.07, 6.45) is -1.08. The minimum Gasteiger partial charge on any atom is -0.459 e. The summed E-state index contributed by atoms with van der Waals surface area (Å²) < 4.78 is 4.98. The van der Waals surface area contributed by atoms with Crippen LogP contribution in [0.4, 0.5) is 0 Å². The van der Waals surface area contributed by atoms with E-state index in [-0.39, 0.29) is 25.6 Å². The van der Waals surface area contributed by atoms with Gasteiger partial charge in [-0.2, -0.15) is 0 Å². The molecule has 0 heterocycles. The summed E-state index contributed by atoms with van der Waals surface area (Å²) >= 11 is 0. The highest BCUT2D eigenvalue weighted by molar-refractivity contribution is 5.85. The van der Waals surface area contributed by atoms with E-state index < -0.39 is 12.1 Å². The van der Waals surface area contributed by atoms with Crippen molar-refractivity contribution in [2.75, 3.05) is 20.6 Å². The zero-order valence-corrected chi connectivity index (χ0v) is 10.8. The average molecular weight is 260 g/mol. The molecule has 4 nitrogen and oxygen atoms in total. The Balaban J connectivity index is 0.00000256. The topological polar surface area (TPSA) is 49.8 Å². The van der Waals surface area contributed by atoms with Crippen molar-refractivity contribution in [2.45, 2.75) is 12.7 Å². The van der Waals surface area contributed by atoms with Gasteiger partial charge in [0.15, 0.2) is 6.10 Å². The summed E-state index contributed by atoms with van der Waals surface area (Å²) in [5, 5.41) is 9.45. The number of carbonyl (C=O) groups excluding carboxylic acids is 1. The molecular weight excluding hydrogens is 242 g/mol. The molecule has 0 aromatic heterocycles. The van der Waals surface area contributed by atoms with Gasteiger partial charge in [-0.1, -0.05) is 30.3 Å². The van der Waals surface area contributed by atoms with Crippen molar-refractivity contribution >= 4 is 18.4 Å². The van der Waals surface area contributed by atoms with Crippen molar-refractivity contribution in [2.24, 2.45) is 0 Å². The van der Waals surface area contributed by atoms with Crippen molar-refractivity contribution in [3.05, 3.63) is 35.9 Å². The van der Waals surface area contributed by atoms with Crippen molar-refractivity contribution < 1.29 is 14.6 Å². The van der Waals surface area contributed by atoms with E-state index in [2.05, 4.69) is 0 Å². The molecule has 0 bridgehead atoms. The van der Waals surface area contributed by atoms with Crippen LogP contribution >= 0.6 is 12.4 Å². The van der Waals surface area contributed by atoms with Crippen LogP contribution in [0.15, 0.2) is 30.3 Å². The zero-order chi connectivity index (χ0) is 12.0. The molecule has 0 spiro atoms. The molecule has 0 saturated heterocycles. The Morgan fingerprint density at radius 1 is 1.35 bits per heavy atom. The van der Waals surface area contributed by atoms with Crippen LogP contribution in [0.3, 0.4) is 0 Å². The normalized spacial score (nSPS) is 11.8. The molecule has 1 atom stereocenters. The number of hydrogen-bond donors (Lipinski definition) is 1. The fourth-order valence-electron chi connectivity index (χ4n) is 1.25. The van der Waals surface area contributed by atoms with Gasteiger partial charge in [0.05, 0.1) is 0 Å². The fourth-order valence-corrected chi connectivity index (χ4v) is 1.25. The molecule has 0 unspecified atom stereocenters. The van der Waals surface area contributed by atoms with Gasteiger partial charge in [-0.3, -0.25) is 0 Å². The second-order valence-corrected chi connectivity index (χ2v) is 3.87. The molecule has 1 aromatic carbocycles. The second-order valence-electron chi connectivity index (χ2n) is 3.87. The van der Waals surface area contributed by atoms with Crippen LogP contribution in [0.5, 0.6) is 0 Å². The summed E-state index contributed by atoms with van der Waals surface area (Å²) in [4.78, 5) is 13.1. The second kappa shape index (κ2) is 8.06. The Morgan fingerprint density at radius 2 is 1.94 bits per heavy atom. The molecule has 1 aromatic rings. The summed E-state index contributed by atoms with van der Waals surface area (Å²) in [7, 11) is 3.57. The maximum atomic E-state index is 11.4. The predicted molar refractivity (Wildman–Crippen MR) is 68.0 cm³/mol. The van der Waals surface area contributed by atoms with Gasteiger partial charge in [-0.15, -0.1) is 12.4 Å². The quantitative estimate of drug-likeness (QED) is 0.804. The van der Waals surface area contributed by atoms with Gasteiger partial charge in [0.1, 0.15) is 6.61 Å². The van der Waals surface area contributed by atoms with Gasteiger partial charge in [0.2, 0.25) is 0 Å². The highest BCUT2D eigenvalue weighted by Crippen LogP contribution is 2.02. The maximum absolute atomic E-state index is 11.4. The highest BCUT2D eigenvalue weighted by Gasteiger charge is 2.17. The number of hydrogen-bond acceptors (Lipinski definition) is 4. The van der Waals surface area contributed by atoms with Crippen LogP contribution in [0.25, 0.3) is 0 Å². The van der Waals surface area contributed by atoms with E-state index in [1.54, 1.807) is 19.0 Å². The molecule has 0 aliphatic heterocycles. The van der Waals surface area contributed by atoms with Crippen molar-refractivity contribution in [3.8, 4) is 0 Å². The Labute approximate surface area is 108 Å². The van der Waals surface area contributed by atoms with E-state index in [0.717, 1.165) is 5.56 Å². The monoisotopic (exact) mass is 259 g/mol. The van der Waals surface area contributed by atoms with Crippen molar-refractivity contribution in [3.63, 3.8) is 0 Å². The minimum atomic E-state index is -1.08. The SMILES string of the molecule is CN(C)C[C@H](O)C(=O)OCc1ccccc1.Cl. The van der Waals surface area contributed by atoms with E-state index in [1.807, 2.05) is 30.3 Å². The number of benzene rings is 1. The molecule has 17 heavy (non-hydrogen) atoms. The number of aliphatic hydroxyl groups excluding tert-OH is 1. The van der Waals surface area contributed by atoms with Gasteiger partial charge in [-0.05, 0) is 19.7 Å². The summed E-state index contributed by atoms with van der Waals surface area (Å²) in [6.45, 7) is 0.470. The maximum Gasteiger partial charge on any atom is 0.336 e. The molecule has 0 radical (unpaired) electrons. The first kappa shape index (κ1) is 15.9. The molecule has 96 valence electrons. The number of ether oxygens (including phenoxy) is 1. The minimum absolute atomic E-state index is 0. The van der Waals surface area contributed by atoms with E-state index in [4.69, 9.17) is 4.74 Å². The molecule has 1 N–H and O–H groups in total. The molecule has 0 aliphatic carbocycles. The molecule has 0 fully saturated rings. The van der Waals surface area contributed by atoms with Crippen LogP contribution in [-0.2, 0) is 16.1 Å². The number of halogens is 1. The predicted octanol–water partition coefficient (Wildman–Crippen LogP) is 1.07. The molecule has 0 saturated carbocycles. The number of carbonyl (C=O) groups is 1. The lowest BCUT2D eigenvalue weighted by Crippen LogP contribution is -2.33. The lowest BCUT2D eigenvalue weighted by Gasteiger charge is -2.14. The summed E-state index contributed by atoms with van der Waals surface area (Å²) in [5.41, 5.74) is 0.910. The van der Waals surface area contributed by atoms with E-state index in [0.29, 0.717) is 0 Å². The average Bonchev–Trinajstić information content (AvgIpc) is 2.26. The largest absolute Gasteiger partial charge is 0.459 e. The molecule has 0 aliphatic rings. The third kappa shape index (κ3) is 6.26. The third-order valence-corrected chi connectivity index (χ3v) is 2.03. The lowest BCUT2D eigenvalue weighted by atomic mass is 10.2. The van der Waals surface area contributed by atoms with Crippen LogP contribution in [0, 0.1) is 0 Å². The number of rotatable bonds is 5. The number of esters is 1. The van der Waals surface area contributed by atoms with Gasteiger partial charge in [-0.25, -0.2) is 4.79 Å². The molecule has 5 heteroatoms. The Morgan fingerprint density at radius 3 is 2.47 bits per heavy atom. The van der Waals surface area contributed by atoms with E-state index in [1.165, 1.54) is 0 Å². The van der Waals surface area contributed by atoms with Crippen LogP contribution in [-0.4, -0.2) is 42.7 Å². The lowest BCUT2D eigenvalue weighted by molar-refractivity contribution is -0.155. The van der Waals surface area contributed by atoms with Crippen LogP contribution < -0.4 is 0 Å². The number of nitrogens with zero attached hydrogens (tertiary/aromatic N) is 1. The smallest absolute Gasteiger partial charge is 0.336 e. The molecule has 0 amide bonds. The van der Waals surface area contributed by atoms with Gasteiger partial charge in [0.25, 0.3) is 0 Å². The standard InChI is InChI=1S/C12H17NO3.ClH/c1-13(2)8-11(14)12(15)16-9-10-6-4-3-5-7-10;/h3-7,11,14H,8-9H2,1-2H3;1H/t11-;/m0./s1. The molecule has 1 rings (SSSR count). The first-order valence-corrected chi connectivity index (χ1v) is 5.13.